The van der Waals surface area contributed by atoms with Gasteiger partial charge in [-0.15, -0.1) is 0 Å². The summed E-state index contributed by atoms with van der Waals surface area (Å²) in [6.07, 6.45) is 1.79. The van der Waals surface area contributed by atoms with E-state index in [2.05, 4.69) is 124 Å². The standard InChI is InChI=1S/C33H34O2S2/c1-3-23-21-25(13-15-31(23)34-17-19-36)33(26-14-16-32(35-18-20-37)24(4-2)22-26)29-11-7-5-9-27(29)28-10-6-8-12-30(28)33/h5-16,21-22,36-37H,3-4,17-20H2,1-2H3. The van der Waals surface area contributed by atoms with Crippen LogP contribution in [0.4, 0.5) is 0 Å². The Labute approximate surface area is 231 Å². The van der Waals surface area contributed by atoms with Crippen molar-refractivity contribution in [3.63, 3.8) is 0 Å². The first kappa shape index (κ1) is 25.8. The molecule has 0 N–H and O–H groups in total. The number of aryl methyl sites for hydroxylation is 2. The number of rotatable bonds is 10. The number of hydrogen-bond donors (Lipinski definition) is 2. The van der Waals surface area contributed by atoms with Gasteiger partial charge in [0, 0.05) is 11.5 Å². The van der Waals surface area contributed by atoms with Crippen LogP contribution < -0.4 is 9.47 Å². The largest absolute Gasteiger partial charge is 0.492 e. The summed E-state index contributed by atoms with van der Waals surface area (Å²) in [5, 5.41) is 0. The van der Waals surface area contributed by atoms with Gasteiger partial charge >= 0.3 is 0 Å². The van der Waals surface area contributed by atoms with Crippen LogP contribution in [0.3, 0.4) is 0 Å². The van der Waals surface area contributed by atoms with Gasteiger partial charge in [-0.2, -0.15) is 25.3 Å². The molecule has 0 saturated heterocycles. The predicted molar refractivity (Wildman–Crippen MR) is 161 cm³/mol. The summed E-state index contributed by atoms with van der Waals surface area (Å²) in [5.41, 5.74) is 9.71. The van der Waals surface area contributed by atoms with Crippen molar-refractivity contribution >= 4 is 25.3 Å². The lowest BCUT2D eigenvalue weighted by atomic mass is 9.67. The molecule has 5 rings (SSSR count). The quantitative estimate of drug-likeness (QED) is 0.181. The SMILES string of the molecule is CCc1cc(C2(c3ccc(OCCS)c(CC)c3)c3ccccc3-c3ccccc32)ccc1OCCS. The van der Waals surface area contributed by atoms with Crippen LogP contribution in [0.2, 0.25) is 0 Å². The van der Waals surface area contributed by atoms with Gasteiger partial charge in [-0.3, -0.25) is 0 Å². The molecular weight excluding hydrogens is 492 g/mol. The molecule has 0 amide bonds. The van der Waals surface area contributed by atoms with Gasteiger partial charge in [-0.1, -0.05) is 86.6 Å². The third kappa shape index (κ3) is 4.45. The summed E-state index contributed by atoms with van der Waals surface area (Å²) in [6, 6.07) is 31.2. The van der Waals surface area contributed by atoms with E-state index in [0.29, 0.717) is 24.7 Å². The number of thiol groups is 2. The molecule has 1 aliphatic carbocycles. The van der Waals surface area contributed by atoms with Crippen molar-refractivity contribution in [1.29, 1.82) is 0 Å². The maximum atomic E-state index is 6.06. The zero-order chi connectivity index (χ0) is 25.8. The van der Waals surface area contributed by atoms with E-state index in [0.717, 1.165) is 24.3 Å². The maximum Gasteiger partial charge on any atom is 0.122 e. The monoisotopic (exact) mass is 526 g/mol. The Kier molecular flexibility index (Phi) is 7.87. The molecule has 0 radical (unpaired) electrons. The Bertz CT molecular complexity index is 1290. The Morgan fingerprint density at radius 1 is 0.595 bits per heavy atom. The van der Waals surface area contributed by atoms with E-state index in [-0.39, 0.29) is 0 Å². The van der Waals surface area contributed by atoms with Crippen LogP contribution in [0.1, 0.15) is 47.2 Å². The van der Waals surface area contributed by atoms with E-state index < -0.39 is 5.41 Å². The molecule has 0 unspecified atom stereocenters. The summed E-state index contributed by atoms with van der Waals surface area (Å²) < 4.78 is 12.1. The van der Waals surface area contributed by atoms with Gasteiger partial charge in [0.2, 0.25) is 0 Å². The van der Waals surface area contributed by atoms with Crippen LogP contribution >= 0.6 is 25.3 Å². The summed E-state index contributed by atoms with van der Waals surface area (Å²) in [5.74, 6) is 3.27. The molecule has 0 saturated carbocycles. The lowest BCUT2D eigenvalue weighted by molar-refractivity contribution is 0.340. The molecule has 0 spiro atoms. The van der Waals surface area contributed by atoms with E-state index in [1.807, 2.05) is 0 Å². The van der Waals surface area contributed by atoms with E-state index in [1.165, 1.54) is 44.5 Å². The molecule has 37 heavy (non-hydrogen) atoms. The Hall–Kier alpha value is -2.82. The zero-order valence-electron chi connectivity index (χ0n) is 21.5. The minimum Gasteiger partial charge on any atom is -0.492 e. The Morgan fingerprint density at radius 3 is 1.43 bits per heavy atom. The first-order valence-corrected chi connectivity index (χ1v) is 14.4. The van der Waals surface area contributed by atoms with Gasteiger partial charge in [-0.05, 0) is 69.5 Å². The number of benzene rings is 4. The molecule has 0 aliphatic heterocycles. The second-order valence-corrected chi connectivity index (χ2v) is 10.2. The van der Waals surface area contributed by atoms with Crippen molar-refractivity contribution in [3.05, 3.63) is 118 Å². The fraction of sp³-hybridized carbons (Fsp3) is 0.273. The first-order valence-electron chi connectivity index (χ1n) is 13.1. The van der Waals surface area contributed by atoms with Gasteiger partial charge in [-0.25, -0.2) is 0 Å². The van der Waals surface area contributed by atoms with Gasteiger partial charge < -0.3 is 9.47 Å². The average molecular weight is 527 g/mol. The second kappa shape index (κ2) is 11.3. The number of hydrogen-bond acceptors (Lipinski definition) is 4. The number of ether oxygens (including phenoxy) is 2. The van der Waals surface area contributed by atoms with E-state index >= 15 is 0 Å². The molecule has 2 nitrogen and oxygen atoms in total. The molecule has 190 valence electrons. The summed E-state index contributed by atoms with van der Waals surface area (Å²) >= 11 is 8.68. The second-order valence-electron chi connectivity index (χ2n) is 9.34. The van der Waals surface area contributed by atoms with Crippen LogP contribution in [-0.4, -0.2) is 24.7 Å². The maximum absolute atomic E-state index is 6.06. The van der Waals surface area contributed by atoms with Gasteiger partial charge in [0.05, 0.1) is 18.6 Å². The number of fused-ring (bicyclic) bond motifs is 3. The van der Waals surface area contributed by atoms with Crippen LogP contribution in [0.25, 0.3) is 11.1 Å². The third-order valence-corrected chi connectivity index (χ3v) is 7.76. The fourth-order valence-corrected chi connectivity index (χ4v) is 5.98. The first-order chi connectivity index (χ1) is 18.2. The average Bonchev–Trinajstić information content (AvgIpc) is 3.26. The molecule has 4 aromatic carbocycles. The van der Waals surface area contributed by atoms with Crippen molar-refractivity contribution < 1.29 is 9.47 Å². The van der Waals surface area contributed by atoms with E-state index in [1.54, 1.807) is 0 Å². The van der Waals surface area contributed by atoms with Crippen LogP contribution in [-0.2, 0) is 18.3 Å². The summed E-state index contributed by atoms with van der Waals surface area (Å²) in [7, 11) is 0. The molecule has 0 aromatic heterocycles. The Balaban J connectivity index is 1.81. The van der Waals surface area contributed by atoms with Crippen molar-refractivity contribution in [3.8, 4) is 22.6 Å². The minimum atomic E-state index is -0.439. The van der Waals surface area contributed by atoms with E-state index in [4.69, 9.17) is 9.47 Å². The molecular formula is C33H34O2S2. The highest BCUT2D eigenvalue weighted by Crippen LogP contribution is 2.56. The highest BCUT2D eigenvalue weighted by molar-refractivity contribution is 7.80. The highest BCUT2D eigenvalue weighted by atomic mass is 32.1. The summed E-state index contributed by atoms with van der Waals surface area (Å²) in [4.78, 5) is 0. The normalized spacial score (nSPS) is 13.2. The molecule has 4 aromatic rings. The molecule has 0 bridgehead atoms. The predicted octanol–water partition coefficient (Wildman–Crippen LogP) is 7.79. The van der Waals surface area contributed by atoms with Gasteiger partial charge in [0.1, 0.15) is 11.5 Å². The smallest absolute Gasteiger partial charge is 0.122 e. The lowest BCUT2D eigenvalue weighted by Crippen LogP contribution is -2.29. The molecule has 4 heteroatoms. The topological polar surface area (TPSA) is 18.5 Å². The van der Waals surface area contributed by atoms with Crippen molar-refractivity contribution in [2.45, 2.75) is 32.1 Å². The molecule has 1 aliphatic rings. The lowest BCUT2D eigenvalue weighted by Gasteiger charge is -2.35. The summed E-state index contributed by atoms with van der Waals surface area (Å²) in [6.45, 7) is 5.58. The van der Waals surface area contributed by atoms with Gasteiger partial charge in [0.25, 0.3) is 0 Å². The van der Waals surface area contributed by atoms with Crippen molar-refractivity contribution in [2.75, 3.05) is 24.7 Å². The zero-order valence-corrected chi connectivity index (χ0v) is 23.3. The van der Waals surface area contributed by atoms with Crippen LogP contribution in [0.5, 0.6) is 11.5 Å². The highest BCUT2D eigenvalue weighted by Gasteiger charge is 2.46. The Morgan fingerprint density at radius 2 is 1.03 bits per heavy atom. The van der Waals surface area contributed by atoms with Crippen LogP contribution in [0, 0.1) is 0 Å². The third-order valence-electron chi connectivity index (χ3n) is 7.40. The van der Waals surface area contributed by atoms with Gasteiger partial charge in [0.15, 0.2) is 0 Å². The van der Waals surface area contributed by atoms with Crippen molar-refractivity contribution in [1.82, 2.24) is 0 Å². The molecule has 0 atom stereocenters. The molecule has 0 fully saturated rings. The van der Waals surface area contributed by atoms with Crippen molar-refractivity contribution in [2.24, 2.45) is 0 Å². The fourth-order valence-electron chi connectivity index (χ4n) is 5.79. The minimum absolute atomic E-state index is 0.439. The van der Waals surface area contributed by atoms with Crippen LogP contribution in [0.15, 0.2) is 84.9 Å². The molecule has 0 heterocycles. The van der Waals surface area contributed by atoms with E-state index in [9.17, 15) is 0 Å².